The maximum absolute atomic E-state index is 15.5. The van der Waals surface area contributed by atoms with E-state index in [1.54, 1.807) is 14.2 Å². The fourth-order valence-corrected chi connectivity index (χ4v) is 14.2. The largest absolute Gasteiger partial charge is 0.497 e. The highest BCUT2D eigenvalue weighted by Crippen LogP contribution is 2.60. The normalized spacial score (nSPS) is 22.5. The summed E-state index contributed by atoms with van der Waals surface area (Å²) in [5.74, 6) is 1.03. The first-order valence-corrected chi connectivity index (χ1v) is 24.4. The van der Waals surface area contributed by atoms with Gasteiger partial charge in [-0.1, -0.05) is 97.9 Å². The molecule has 2 fully saturated rings. The number of aliphatic hydroxyl groups excluding tert-OH is 1. The summed E-state index contributed by atoms with van der Waals surface area (Å²) in [6.07, 6.45) is 6.85. The first-order chi connectivity index (χ1) is 29.1. The summed E-state index contributed by atoms with van der Waals surface area (Å²) in [5.41, 5.74) is 3.87. The Morgan fingerprint density at radius 3 is 2.40 bits per heavy atom. The molecule has 5 aromatic rings. The smallest absolute Gasteiger partial charge is 0.264 e. The molecule has 4 heterocycles. The van der Waals surface area contributed by atoms with Crippen molar-refractivity contribution in [2.75, 3.05) is 37.2 Å². The third-order valence-corrected chi connectivity index (χ3v) is 17.7. The van der Waals surface area contributed by atoms with Crippen molar-refractivity contribution >= 4 is 36.4 Å². The molecule has 5 atom stereocenters. The van der Waals surface area contributed by atoms with Gasteiger partial charge in [0.25, 0.3) is 5.91 Å². The van der Waals surface area contributed by atoms with Gasteiger partial charge in [0.1, 0.15) is 11.5 Å². The number of nitrogens with zero attached hydrogens (tertiary/aromatic N) is 5. The van der Waals surface area contributed by atoms with Crippen LogP contribution in [0.5, 0.6) is 11.5 Å². The Balaban J connectivity index is 1.15. The van der Waals surface area contributed by atoms with Crippen molar-refractivity contribution in [2.45, 2.75) is 94.8 Å². The fourth-order valence-electron chi connectivity index (χ4n) is 10.2. The van der Waals surface area contributed by atoms with Crippen LogP contribution in [0.15, 0.2) is 103 Å². The molecule has 4 aromatic carbocycles. The monoisotopic (exact) mass is 827 g/mol. The first-order valence-electron chi connectivity index (χ1n) is 21.4. The zero-order valence-corrected chi connectivity index (χ0v) is 36.4. The summed E-state index contributed by atoms with van der Waals surface area (Å²) in [7, 11) is 0.916. The van der Waals surface area contributed by atoms with Crippen LogP contribution in [-0.4, -0.2) is 73.5 Å². The Bertz CT molecular complexity index is 2300. The van der Waals surface area contributed by atoms with E-state index in [1.165, 1.54) is 5.19 Å². The van der Waals surface area contributed by atoms with E-state index in [2.05, 4.69) is 48.5 Å². The molecule has 3 aliphatic heterocycles. The van der Waals surface area contributed by atoms with E-state index < -0.39 is 13.7 Å². The van der Waals surface area contributed by atoms with E-state index in [0.29, 0.717) is 43.9 Å². The highest BCUT2D eigenvalue weighted by molar-refractivity contribution is 6.91. The van der Waals surface area contributed by atoms with Crippen molar-refractivity contribution in [1.82, 2.24) is 15.0 Å². The van der Waals surface area contributed by atoms with Crippen LogP contribution in [0.4, 0.5) is 11.4 Å². The topological polar surface area (TPSA) is 119 Å². The van der Waals surface area contributed by atoms with Crippen molar-refractivity contribution in [1.29, 1.82) is 0 Å². The predicted octanol–water partition coefficient (Wildman–Crippen LogP) is 7.57. The third-order valence-electron chi connectivity index (χ3n) is 13.4. The molecule has 2 amide bonds. The second-order valence-corrected chi connectivity index (χ2v) is 21.8. The minimum atomic E-state index is -2.41. The van der Waals surface area contributed by atoms with Crippen molar-refractivity contribution in [3.8, 4) is 11.5 Å². The molecule has 60 heavy (non-hydrogen) atoms. The summed E-state index contributed by atoms with van der Waals surface area (Å²) in [4.78, 5) is 32.6. The highest BCUT2D eigenvalue weighted by Gasteiger charge is 2.66. The Morgan fingerprint density at radius 1 is 0.900 bits per heavy atom. The maximum atomic E-state index is 15.5. The molecular formula is C48H57N5O6Si. The van der Waals surface area contributed by atoms with Gasteiger partial charge in [-0.2, -0.15) is 0 Å². The van der Waals surface area contributed by atoms with E-state index in [9.17, 15) is 9.90 Å². The number of anilines is 2. The molecule has 2 saturated heterocycles. The number of carbonyl (C=O) groups is 2. The maximum Gasteiger partial charge on any atom is 0.264 e. The van der Waals surface area contributed by atoms with Crippen LogP contribution in [-0.2, 0) is 33.0 Å². The lowest BCUT2D eigenvalue weighted by Gasteiger charge is -2.37. The Labute approximate surface area is 354 Å². The SMILES string of the molecule is COc1ccc([Si](C)(C)[C@@H]2[C@@H](CCn3cc(C(CO)c4ccccc4)nn3)O[C@]3(C(=O)N(Cc4cccc(N5CCCCCCC5=O)c4)c4ccc(OC)cc43)[C@H]2C)cc1. The van der Waals surface area contributed by atoms with E-state index in [4.69, 9.17) is 14.2 Å². The molecule has 1 N–H and O–H groups in total. The first kappa shape index (κ1) is 41.4. The Morgan fingerprint density at radius 2 is 1.65 bits per heavy atom. The molecule has 0 saturated carbocycles. The molecule has 0 radical (unpaired) electrons. The zero-order valence-electron chi connectivity index (χ0n) is 35.4. The molecule has 11 nitrogen and oxygen atoms in total. The van der Waals surface area contributed by atoms with E-state index >= 15 is 4.79 Å². The summed E-state index contributed by atoms with van der Waals surface area (Å²) in [5, 5.41) is 20.6. The lowest BCUT2D eigenvalue weighted by atomic mass is 9.82. The van der Waals surface area contributed by atoms with Crippen LogP contribution in [0, 0.1) is 5.92 Å². The van der Waals surface area contributed by atoms with Gasteiger partial charge < -0.3 is 29.1 Å². The summed E-state index contributed by atoms with van der Waals surface area (Å²) < 4.78 is 20.6. The second kappa shape index (κ2) is 17.4. The lowest BCUT2D eigenvalue weighted by molar-refractivity contribution is -0.146. The van der Waals surface area contributed by atoms with Gasteiger partial charge >= 0.3 is 0 Å². The quantitative estimate of drug-likeness (QED) is 0.121. The highest BCUT2D eigenvalue weighted by atomic mass is 28.3. The summed E-state index contributed by atoms with van der Waals surface area (Å²) >= 11 is 0. The third kappa shape index (κ3) is 7.65. The number of amides is 2. The van der Waals surface area contributed by atoms with Crippen LogP contribution in [0.2, 0.25) is 18.6 Å². The average molecular weight is 828 g/mol. The number of benzene rings is 4. The average Bonchev–Trinajstić information content (AvgIpc) is 3.92. The van der Waals surface area contributed by atoms with E-state index in [0.717, 1.165) is 59.5 Å². The number of ether oxygens (including phenoxy) is 3. The minimum absolute atomic E-state index is 0.0211. The number of hydrogen-bond acceptors (Lipinski definition) is 8. The number of aromatic nitrogens is 3. The summed E-state index contributed by atoms with van der Waals surface area (Å²) in [6.45, 7) is 8.42. The van der Waals surface area contributed by atoms with Crippen LogP contribution in [0.1, 0.15) is 73.8 Å². The van der Waals surface area contributed by atoms with Gasteiger partial charge in [-0.05, 0) is 78.4 Å². The second-order valence-electron chi connectivity index (χ2n) is 17.2. The van der Waals surface area contributed by atoms with Gasteiger partial charge in [0, 0.05) is 42.9 Å². The van der Waals surface area contributed by atoms with Crippen molar-refractivity contribution in [3.63, 3.8) is 0 Å². The molecule has 0 aliphatic carbocycles. The van der Waals surface area contributed by atoms with Gasteiger partial charge in [-0.25, -0.2) is 0 Å². The lowest BCUT2D eigenvalue weighted by Crippen LogP contribution is -2.51. The zero-order chi connectivity index (χ0) is 42.0. The molecule has 1 unspecified atom stereocenters. The van der Waals surface area contributed by atoms with Crippen LogP contribution in [0.25, 0.3) is 0 Å². The molecule has 314 valence electrons. The molecule has 12 heteroatoms. The van der Waals surface area contributed by atoms with Gasteiger partial charge in [-0.3, -0.25) is 14.3 Å². The number of rotatable bonds is 13. The number of methoxy groups -OCH3 is 2. The fraction of sp³-hybridized carbons (Fsp3) is 0.417. The molecule has 8 rings (SSSR count). The van der Waals surface area contributed by atoms with E-state index in [-0.39, 0.29) is 41.9 Å². The van der Waals surface area contributed by atoms with Crippen molar-refractivity contribution in [2.24, 2.45) is 5.92 Å². The van der Waals surface area contributed by atoms with Crippen LogP contribution in [0.3, 0.4) is 0 Å². The molecule has 3 aliphatic rings. The minimum Gasteiger partial charge on any atom is -0.497 e. The standard InChI is InChI=1S/C48H57N5O6Si/c1-33-46(60(4,5)39-22-19-37(57-2)20-23-39)44(25-27-51-31-42(49-50-51)40(32-54)35-15-9-8-10-16-35)59-48(33)41-29-38(58-3)21-24-43(41)53(47(48)56)30-34-14-13-17-36(28-34)52-26-12-7-6-11-18-45(52)55/h8-10,13-17,19-24,28-29,31,33,40,44,46,54H,6-7,11-12,18,25-27,30,32H2,1-5H3/t33-,40?,44+,46-,48+/m0/s1. The predicted molar refractivity (Wildman–Crippen MR) is 236 cm³/mol. The number of aryl methyl sites for hydroxylation is 1. The number of fused-ring (bicyclic) bond motifs is 2. The van der Waals surface area contributed by atoms with Gasteiger partial charge in [0.2, 0.25) is 5.91 Å². The van der Waals surface area contributed by atoms with Crippen molar-refractivity contribution in [3.05, 3.63) is 126 Å². The van der Waals surface area contributed by atoms with Gasteiger partial charge in [0.15, 0.2) is 5.60 Å². The Hall–Kier alpha value is -5.30. The molecule has 1 aromatic heterocycles. The van der Waals surface area contributed by atoms with Gasteiger partial charge in [-0.15, -0.1) is 5.10 Å². The Kier molecular flexibility index (Phi) is 12.0. The van der Waals surface area contributed by atoms with Crippen molar-refractivity contribution < 1.29 is 28.9 Å². The van der Waals surface area contributed by atoms with Crippen LogP contribution >= 0.6 is 0 Å². The number of hydrogen-bond donors (Lipinski definition) is 1. The molecule has 1 spiro atoms. The van der Waals surface area contributed by atoms with Crippen LogP contribution < -0.4 is 24.5 Å². The molecular weight excluding hydrogens is 771 g/mol. The number of aliphatic hydroxyl groups is 1. The molecule has 0 bridgehead atoms. The van der Waals surface area contributed by atoms with Gasteiger partial charge in [0.05, 0.1) is 58.8 Å². The van der Waals surface area contributed by atoms with E-state index in [1.807, 2.05) is 99.5 Å². The number of carbonyl (C=O) groups excluding carboxylic acids is 2. The summed E-state index contributed by atoms with van der Waals surface area (Å²) in [6, 6.07) is 32.2.